The van der Waals surface area contributed by atoms with Crippen LogP contribution >= 0.6 is 0 Å². The fraction of sp³-hybridized carbons (Fsp3) is 0.571. The number of carbonyl (C=O) groups is 1. The Labute approximate surface area is 75.3 Å². The Hall–Kier alpha value is -1.43. The lowest BCUT2D eigenvalue weighted by Crippen LogP contribution is -2.06. The third-order valence-electron chi connectivity index (χ3n) is 1.51. The van der Waals surface area contributed by atoms with E-state index in [1.165, 1.54) is 0 Å². The van der Waals surface area contributed by atoms with Crippen LogP contribution in [0.15, 0.2) is 6.20 Å². The van der Waals surface area contributed by atoms with Gasteiger partial charge < -0.3 is 10.8 Å². The first-order valence-corrected chi connectivity index (χ1v) is 4.03. The SMILES string of the molecule is NCCCn1cc(CC(=O)O)nn1. The van der Waals surface area contributed by atoms with Crippen molar-refractivity contribution in [2.45, 2.75) is 19.4 Å². The molecule has 1 rings (SSSR count). The Morgan fingerprint density at radius 2 is 2.46 bits per heavy atom. The van der Waals surface area contributed by atoms with Crippen molar-refractivity contribution in [2.75, 3.05) is 6.54 Å². The van der Waals surface area contributed by atoms with Crippen LogP contribution in [0.25, 0.3) is 0 Å². The van der Waals surface area contributed by atoms with Gasteiger partial charge in [-0.05, 0) is 13.0 Å². The number of carboxylic acid groups (broad SMARTS) is 1. The average molecular weight is 184 g/mol. The van der Waals surface area contributed by atoms with Crippen LogP contribution in [0.3, 0.4) is 0 Å². The number of aromatic nitrogens is 3. The van der Waals surface area contributed by atoms with Gasteiger partial charge in [0.15, 0.2) is 0 Å². The second-order valence-electron chi connectivity index (χ2n) is 2.69. The largest absolute Gasteiger partial charge is 0.481 e. The van der Waals surface area contributed by atoms with Crippen LogP contribution in [0.1, 0.15) is 12.1 Å². The van der Waals surface area contributed by atoms with E-state index in [1.54, 1.807) is 10.9 Å². The summed E-state index contributed by atoms with van der Waals surface area (Å²) in [6, 6.07) is 0. The van der Waals surface area contributed by atoms with Gasteiger partial charge in [0.1, 0.15) is 0 Å². The lowest BCUT2D eigenvalue weighted by atomic mass is 10.3. The highest BCUT2D eigenvalue weighted by Crippen LogP contribution is 1.95. The predicted molar refractivity (Wildman–Crippen MR) is 45.0 cm³/mol. The summed E-state index contributed by atoms with van der Waals surface area (Å²) in [5, 5.41) is 15.9. The van der Waals surface area contributed by atoms with E-state index in [4.69, 9.17) is 10.8 Å². The zero-order valence-electron chi connectivity index (χ0n) is 7.18. The van der Waals surface area contributed by atoms with Gasteiger partial charge in [-0.3, -0.25) is 9.48 Å². The van der Waals surface area contributed by atoms with Gasteiger partial charge in [0.05, 0.1) is 12.1 Å². The highest BCUT2D eigenvalue weighted by Gasteiger charge is 2.04. The normalized spacial score (nSPS) is 10.2. The second kappa shape index (κ2) is 4.56. The van der Waals surface area contributed by atoms with E-state index in [0.29, 0.717) is 18.8 Å². The summed E-state index contributed by atoms with van der Waals surface area (Å²) < 4.78 is 1.60. The molecule has 3 N–H and O–H groups in total. The molecule has 0 aliphatic heterocycles. The smallest absolute Gasteiger partial charge is 0.309 e. The summed E-state index contributed by atoms with van der Waals surface area (Å²) in [6.45, 7) is 1.28. The highest BCUT2D eigenvalue weighted by atomic mass is 16.4. The Morgan fingerprint density at radius 1 is 1.69 bits per heavy atom. The summed E-state index contributed by atoms with van der Waals surface area (Å²) in [6.07, 6.45) is 2.36. The van der Waals surface area contributed by atoms with Gasteiger partial charge >= 0.3 is 5.97 Å². The number of rotatable bonds is 5. The minimum atomic E-state index is -0.897. The van der Waals surface area contributed by atoms with E-state index in [-0.39, 0.29) is 6.42 Å². The van der Waals surface area contributed by atoms with E-state index in [1.807, 2.05) is 0 Å². The van der Waals surface area contributed by atoms with Crippen molar-refractivity contribution in [3.8, 4) is 0 Å². The van der Waals surface area contributed by atoms with Gasteiger partial charge in [-0.1, -0.05) is 5.21 Å². The molecule has 1 aromatic rings. The summed E-state index contributed by atoms with van der Waals surface area (Å²) >= 11 is 0. The Bertz CT molecular complexity index is 284. The van der Waals surface area contributed by atoms with Crippen molar-refractivity contribution in [2.24, 2.45) is 5.73 Å². The highest BCUT2D eigenvalue weighted by molar-refractivity contribution is 5.69. The summed E-state index contributed by atoms with van der Waals surface area (Å²) in [5.74, 6) is -0.897. The van der Waals surface area contributed by atoms with E-state index < -0.39 is 5.97 Å². The first-order valence-electron chi connectivity index (χ1n) is 4.03. The molecule has 0 spiro atoms. The lowest BCUT2D eigenvalue weighted by Gasteiger charge is -1.95. The van der Waals surface area contributed by atoms with Gasteiger partial charge in [0.25, 0.3) is 0 Å². The number of nitrogens with zero attached hydrogens (tertiary/aromatic N) is 3. The zero-order valence-corrected chi connectivity index (χ0v) is 7.18. The fourth-order valence-corrected chi connectivity index (χ4v) is 0.937. The molecule has 1 aromatic heterocycles. The van der Waals surface area contributed by atoms with Gasteiger partial charge in [0.2, 0.25) is 0 Å². The van der Waals surface area contributed by atoms with Crippen molar-refractivity contribution in [3.63, 3.8) is 0 Å². The summed E-state index contributed by atoms with van der Waals surface area (Å²) in [5.41, 5.74) is 5.78. The first-order chi connectivity index (χ1) is 6.22. The molecule has 0 aromatic carbocycles. The standard InChI is InChI=1S/C7H12N4O2/c8-2-1-3-11-5-6(9-10-11)4-7(12)13/h5H,1-4,8H2,(H,12,13). The van der Waals surface area contributed by atoms with Gasteiger partial charge in [-0.15, -0.1) is 5.10 Å². The van der Waals surface area contributed by atoms with E-state index >= 15 is 0 Å². The lowest BCUT2D eigenvalue weighted by molar-refractivity contribution is -0.136. The van der Waals surface area contributed by atoms with Gasteiger partial charge in [-0.25, -0.2) is 0 Å². The molecule has 13 heavy (non-hydrogen) atoms. The molecular formula is C7H12N4O2. The zero-order chi connectivity index (χ0) is 9.68. The molecular weight excluding hydrogens is 172 g/mol. The van der Waals surface area contributed by atoms with Crippen LogP contribution in [0, 0.1) is 0 Å². The molecule has 0 radical (unpaired) electrons. The molecule has 0 saturated carbocycles. The number of nitrogens with two attached hydrogens (primary N) is 1. The van der Waals surface area contributed by atoms with Crippen molar-refractivity contribution in [3.05, 3.63) is 11.9 Å². The third-order valence-corrected chi connectivity index (χ3v) is 1.51. The maximum Gasteiger partial charge on any atom is 0.309 e. The third kappa shape index (κ3) is 3.20. The number of carboxylic acids is 1. The van der Waals surface area contributed by atoms with Crippen LogP contribution in [0.2, 0.25) is 0 Å². The molecule has 1 heterocycles. The molecule has 0 atom stereocenters. The number of aliphatic carboxylic acids is 1. The molecule has 72 valence electrons. The Kier molecular flexibility index (Phi) is 3.39. The van der Waals surface area contributed by atoms with E-state index in [9.17, 15) is 4.79 Å². The van der Waals surface area contributed by atoms with E-state index in [0.717, 1.165) is 6.42 Å². The van der Waals surface area contributed by atoms with E-state index in [2.05, 4.69) is 10.3 Å². The molecule has 6 nitrogen and oxygen atoms in total. The maximum atomic E-state index is 10.3. The van der Waals surface area contributed by atoms with Crippen molar-refractivity contribution >= 4 is 5.97 Å². The fourth-order valence-electron chi connectivity index (χ4n) is 0.937. The summed E-state index contributed by atoms with van der Waals surface area (Å²) in [4.78, 5) is 10.3. The van der Waals surface area contributed by atoms with Crippen LogP contribution in [0.5, 0.6) is 0 Å². The molecule has 0 aliphatic rings. The van der Waals surface area contributed by atoms with Crippen LogP contribution in [0.4, 0.5) is 0 Å². The van der Waals surface area contributed by atoms with Crippen LogP contribution in [-0.2, 0) is 17.8 Å². The van der Waals surface area contributed by atoms with Gasteiger partial charge in [0, 0.05) is 12.7 Å². The average Bonchev–Trinajstić information content (AvgIpc) is 2.48. The molecule has 0 aliphatic carbocycles. The maximum absolute atomic E-state index is 10.3. The quantitative estimate of drug-likeness (QED) is 0.628. The molecule has 0 bridgehead atoms. The molecule has 0 saturated heterocycles. The second-order valence-corrected chi connectivity index (χ2v) is 2.69. The summed E-state index contributed by atoms with van der Waals surface area (Å²) in [7, 11) is 0. The molecule has 0 fully saturated rings. The van der Waals surface area contributed by atoms with Crippen LogP contribution in [-0.4, -0.2) is 32.6 Å². The molecule has 0 amide bonds. The van der Waals surface area contributed by atoms with Crippen molar-refractivity contribution in [1.29, 1.82) is 0 Å². The molecule has 0 unspecified atom stereocenters. The Balaban J connectivity index is 2.48. The number of aryl methyl sites for hydroxylation is 1. The van der Waals surface area contributed by atoms with Gasteiger partial charge in [-0.2, -0.15) is 0 Å². The monoisotopic (exact) mass is 184 g/mol. The topological polar surface area (TPSA) is 94.0 Å². The number of hydrogen-bond acceptors (Lipinski definition) is 4. The van der Waals surface area contributed by atoms with Crippen molar-refractivity contribution < 1.29 is 9.90 Å². The minimum absolute atomic E-state index is 0.0807. The first kappa shape index (κ1) is 9.66. The molecule has 6 heteroatoms. The van der Waals surface area contributed by atoms with Crippen LogP contribution < -0.4 is 5.73 Å². The minimum Gasteiger partial charge on any atom is -0.481 e. The Morgan fingerprint density at radius 3 is 3.08 bits per heavy atom. The van der Waals surface area contributed by atoms with Crippen molar-refractivity contribution in [1.82, 2.24) is 15.0 Å². The predicted octanol–water partition coefficient (Wildman–Crippen LogP) is -0.746. The number of hydrogen-bond donors (Lipinski definition) is 2.